The number of nitrogens with one attached hydrogen (secondary N) is 2. The summed E-state index contributed by atoms with van der Waals surface area (Å²) in [5.74, 6) is 0.343. The van der Waals surface area contributed by atoms with E-state index in [-0.39, 0.29) is 18.5 Å². The van der Waals surface area contributed by atoms with Crippen LogP contribution in [0.2, 0.25) is 0 Å². The molecular formula is C25H30N8O3. The molecule has 0 spiro atoms. The Balaban J connectivity index is 1.33. The number of pyridine rings is 1. The lowest BCUT2D eigenvalue weighted by atomic mass is 9.93. The molecule has 1 saturated heterocycles. The van der Waals surface area contributed by atoms with E-state index < -0.39 is 12.3 Å². The maximum absolute atomic E-state index is 13.3. The van der Waals surface area contributed by atoms with Crippen LogP contribution < -0.4 is 16.8 Å². The predicted octanol–water partition coefficient (Wildman–Crippen LogP) is 2.70. The van der Waals surface area contributed by atoms with Gasteiger partial charge in [0.15, 0.2) is 5.65 Å². The van der Waals surface area contributed by atoms with Gasteiger partial charge in [0.25, 0.3) is 5.91 Å². The van der Waals surface area contributed by atoms with Crippen LogP contribution in [0, 0.1) is 0 Å². The second kappa shape index (κ2) is 9.50. The number of fused-ring (bicyclic) bond motifs is 2. The average molecular weight is 491 g/mol. The molecule has 2 aromatic heterocycles. The fourth-order valence-electron chi connectivity index (χ4n) is 4.65. The monoisotopic (exact) mass is 490 g/mol. The summed E-state index contributed by atoms with van der Waals surface area (Å²) in [6, 6.07) is 7.47. The quantitative estimate of drug-likeness (QED) is 0.435. The first-order valence-corrected chi connectivity index (χ1v) is 12.0. The topological polar surface area (TPSA) is 155 Å². The van der Waals surface area contributed by atoms with E-state index >= 15 is 0 Å². The van der Waals surface area contributed by atoms with Gasteiger partial charge in [-0.25, -0.2) is 9.78 Å². The molecule has 0 radical (unpaired) electrons. The second-order valence-electron chi connectivity index (χ2n) is 9.14. The number of aromatic amines is 1. The van der Waals surface area contributed by atoms with Crippen LogP contribution in [0.1, 0.15) is 47.8 Å². The summed E-state index contributed by atoms with van der Waals surface area (Å²) in [7, 11) is 0. The number of ether oxygens (including phenoxy) is 1. The minimum Gasteiger partial charge on any atom is -0.449 e. The number of rotatable bonds is 4. The first-order valence-electron chi connectivity index (χ1n) is 12.0. The maximum atomic E-state index is 13.3. The third-order valence-corrected chi connectivity index (χ3v) is 6.61. The van der Waals surface area contributed by atoms with Gasteiger partial charge in [0.1, 0.15) is 12.0 Å². The van der Waals surface area contributed by atoms with E-state index in [1.807, 2.05) is 38.1 Å². The molecule has 2 amide bonds. The molecule has 11 nitrogen and oxygen atoms in total. The molecule has 1 unspecified atom stereocenters. The van der Waals surface area contributed by atoms with Gasteiger partial charge in [0, 0.05) is 36.1 Å². The first kappa shape index (κ1) is 23.6. The highest BCUT2D eigenvalue weighted by atomic mass is 16.6. The van der Waals surface area contributed by atoms with Crippen LogP contribution >= 0.6 is 0 Å². The number of benzene rings is 1. The Morgan fingerprint density at radius 3 is 2.86 bits per heavy atom. The van der Waals surface area contributed by atoms with Crippen molar-refractivity contribution in [2.45, 2.75) is 32.5 Å². The third-order valence-electron chi connectivity index (χ3n) is 6.61. The van der Waals surface area contributed by atoms with E-state index in [9.17, 15) is 9.59 Å². The zero-order valence-corrected chi connectivity index (χ0v) is 20.3. The Bertz CT molecular complexity index is 1350. The average Bonchev–Trinajstić information content (AvgIpc) is 3.26. The molecule has 0 bridgehead atoms. The van der Waals surface area contributed by atoms with Gasteiger partial charge in [-0.05, 0) is 42.7 Å². The van der Waals surface area contributed by atoms with E-state index in [0.29, 0.717) is 36.7 Å². The van der Waals surface area contributed by atoms with Crippen LogP contribution in [0.15, 0.2) is 36.5 Å². The number of nitrogens with zero attached hydrogens (tertiary/aromatic N) is 4. The minimum atomic E-state index is -0.616. The van der Waals surface area contributed by atoms with E-state index in [1.54, 1.807) is 11.1 Å². The molecular weight excluding hydrogens is 460 g/mol. The molecule has 1 fully saturated rings. The number of anilines is 2. The number of H-pyrrole nitrogens is 1. The zero-order chi connectivity index (χ0) is 25.4. The van der Waals surface area contributed by atoms with Crippen LogP contribution in [0.25, 0.3) is 16.6 Å². The van der Waals surface area contributed by atoms with Gasteiger partial charge in [-0.15, -0.1) is 0 Å². The molecule has 2 aliphatic heterocycles. The first-order chi connectivity index (χ1) is 17.4. The van der Waals surface area contributed by atoms with Crippen molar-refractivity contribution >= 4 is 40.1 Å². The SMILES string of the molecule is CCCOC(=O)N1CCN(C(=O)c2ccc3c(c2)NC(c2cnc4n[nH]c(N)c4c2)C=C3C)C[C@H]1N. The van der Waals surface area contributed by atoms with E-state index in [1.165, 1.54) is 4.90 Å². The number of amides is 2. The van der Waals surface area contributed by atoms with Gasteiger partial charge in [0.2, 0.25) is 0 Å². The van der Waals surface area contributed by atoms with Crippen molar-refractivity contribution in [2.75, 3.05) is 37.3 Å². The van der Waals surface area contributed by atoms with E-state index in [0.717, 1.165) is 34.2 Å². The van der Waals surface area contributed by atoms with Crippen molar-refractivity contribution in [1.29, 1.82) is 0 Å². The van der Waals surface area contributed by atoms with Crippen molar-refractivity contribution in [3.63, 3.8) is 0 Å². The van der Waals surface area contributed by atoms with E-state index in [4.69, 9.17) is 16.2 Å². The number of carbonyl (C=O) groups excluding carboxylic acids is 2. The maximum Gasteiger partial charge on any atom is 0.411 e. The molecule has 0 saturated carbocycles. The lowest BCUT2D eigenvalue weighted by Crippen LogP contribution is -2.60. The zero-order valence-electron chi connectivity index (χ0n) is 20.3. The molecule has 1 aromatic carbocycles. The van der Waals surface area contributed by atoms with Gasteiger partial charge in [-0.1, -0.05) is 19.1 Å². The van der Waals surface area contributed by atoms with Crippen LogP contribution in [0.4, 0.5) is 16.3 Å². The summed E-state index contributed by atoms with van der Waals surface area (Å²) in [5.41, 5.74) is 17.2. The summed E-state index contributed by atoms with van der Waals surface area (Å²) in [6.07, 6.45) is 3.58. The molecule has 6 N–H and O–H groups in total. The number of nitrogens with two attached hydrogens (primary N) is 2. The van der Waals surface area contributed by atoms with Crippen molar-refractivity contribution in [1.82, 2.24) is 25.0 Å². The minimum absolute atomic E-state index is 0.130. The van der Waals surface area contributed by atoms with Gasteiger partial charge in [0.05, 0.1) is 24.6 Å². The van der Waals surface area contributed by atoms with Gasteiger partial charge in [-0.3, -0.25) is 14.8 Å². The van der Waals surface area contributed by atoms with Gasteiger partial charge in [-0.2, -0.15) is 5.10 Å². The molecule has 188 valence electrons. The summed E-state index contributed by atoms with van der Waals surface area (Å²) < 4.78 is 5.20. The number of hydrogen-bond donors (Lipinski definition) is 4. The van der Waals surface area contributed by atoms with Crippen molar-refractivity contribution in [3.8, 4) is 0 Å². The fraction of sp³-hybridized carbons (Fsp3) is 0.360. The molecule has 3 aromatic rings. The Kier molecular flexibility index (Phi) is 6.23. The highest BCUT2D eigenvalue weighted by Crippen LogP contribution is 2.36. The number of nitrogen functional groups attached to an aromatic ring is 1. The van der Waals surface area contributed by atoms with Crippen molar-refractivity contribution in [3.05, 3.63) is 53.2 Å². The van der Waals surface area contributed by atoms with Crippen molar-refractivity contribution in [2.24, 2.45) is 5.73 Å². The summed E-state index contributed by atoms with van der Waals surface area (Å²) >= 11 is 0. The number of hydrogen-bond acceptors (Lipinski definition) is 8. The molecule has 36 heavy (non-hydrogen) atoms. The summed E-state index contributed by atoms with van der Waals surface area (Å²) in [6.45, 7) is 5.28. The van der Waals surface area contributed by atoms with Crippen molar-refractivity contribution < 1.29 is 14.3 Å². The number of allylic oxidation sites excluding steroid dienone is 1. The highest BCUT2D eigenvalue weighted by molar-refractivity contribution is 5.97. The molecule has 2 aliphatic rings. The smallest absolute Gasteiger partial charge is 0.411 e. The molecule has 5 rings (SSSR count). The number of carbonyl (C=O) groups is 2. The Hall–Kier alpha value is -4.12. The van der Waals surface area contributed by atoms with Crippen LogP contribution in [0.3, 0.4) is 0 Å². The normalized spacial score (nSPS) is 19.5. The van der Waals surface area contributed by atoms with Crippen LogP contribution in [-0.4, -0.2) is 69.4 Å². The van der Waals surface area contributed by atoms with Gasteiger partial charge >= 0.3 is 6.09 Å². The van der Waals surface area contributed by atoms with Gasteiger partial charge < -0.3 is 26.4 Å². The molecule has 4 heterocycles. The lowest BCUT2D eigenvalue weighted by molar-refractivity contribution is 0.0390. The fourth-order valence-corrected chi connectivity index (χ4v) is 4.65. The molecule has 11 heteroatoms. The standard InChI is InChI=1S/C25H30N8O3/c1-3-8-36-25(35)33-7-6-32(13-21(33)26)24(34)15-4-5-17-14(2)9-19(29-20(17)11-15)16-10-18-22(27)30-31-23(18)28-12-16/h4-5,9-12,19,21,29H,3,6-8,13,26H2,1-2H3,(H3,27,28,30,31)/t19?,21-/m0/s1. The predicted molar refractivity (Wildman–Crippen MR) is 137 cm³/mol. The highest BCUT2D eigenvalue weighted by Gasteiger charge is 2.32. The van der Waals surface area contributed by atoms with E-state index in [2.05, 4.69) is 26.6 Å². The summed E-state index contributed by atoms with van der Waals surface area (Å²) in [4.78, 5) is 33.1. The number of aromatic nitrogens is 3. The number of piperazine rings is 1. The second-order valence-corrected chi connectivity index (χ2v) is 9.14. The molecule has 0 aliphatic carbocycles. The van der Waals surface area contributed by atoms with Crippen LogP contribution in [0.5, 0.6) is 0 Å². The summed E-state index contributed by atoms with van der Waals surface area (Å²) in [5, 5.41) is 11.1. The Morgan fingerprint density at radius 2 is 2.08 bits per heavy atom. The Morgan fingerprint density at radius 1 is 1.25 bits per heavy atom. The lowest BCUT2D eigenvalue weighted by Gasteiger charge is -2.38. The largest absolute Gasteiger partial charge is 0.449 e. The Labute approximate surface area is 208 Å². The molecule has 2 atom stereocenters. The van der Waals surface area contributed by atoms with Crippen LogP contribution in [-0.2, 0) is 4.74 Å². The third kappa shape index (κ3) is 4.33.